The number of amides is 1. The Hall–Kier alpha value is -2.42. The molecule has 3 rings (SSSR count). The summed E-state index contributed by atoms with van der Waals surface area (Å²) in [5, 5.41) is 2.11. The molecule has 0 aliphatic carbocycles. The zero-order valence-electron chi connectivity index (χ0n) is 20.6. The van der Waals surface area contributed by atoms with Gasteiger partial charge in [-0.2, -0.15) is 0 Å². The van der Waals surface area contributed by atoms with Crippen LogP contribution in [0.3, 0.4) is 0 Å². The van der Waals surface area contributed by atoms with Crippen molar-refractivity contribution in [3.05, 3.63) is 53.0 Å². The fraction of sp³-hybridized carbons (Fsp3) is 0.440. The van der Waals surface area contributed by atoms with Crippen LogP contribution in [0, 0.1) is 0 Å². The van der Waals surface area contributed by atoms with E-state index < -0.39 is 14.3 Å². The Bertz CT molecular complexity index is 1130. The Morgan fingerprint density at radius 3 is 2.36 bits per heavy atom. The molecule has 0 bridgehead atoms. The van der Waals surface area contributed by atoms with E-state index in [9.17, 15) is 9.59 Å². The van der Waals surface area contributed by atoms with E-state index in [0.717, 1.165) is 21.5 Å². The number of carbonyl (C=O) groups is 2. The van der Waals surface area contributed by atoms with Crippen LogP contribution < -0.4 is 4.90 Å². The number of nitrogens with zero attached hydrogens (tertiary/aromatic N) is 2. The lowest BCUT2D eigenvalue weighted by Crippen LogP contribution is -2.40. The van der Waals surface area contributed by atoms with Crippen molar-refractivity contribution in [3.63, 3.8) is 0 Å². The van der Waals surface area contributed by atoms with Gasteiger partial charge in [0.1, 0.15) is 12.2 Å². The molecular formula is C25H34N2O4SSi. The molecule has 0 unspecified atom stereocenters. The molecule has 0 saturated heterocycles. The van der Waals surface area contributed by atoms with E-state index in [1.165, 1.54) is 18.4 Å². The lowest BCUT2D eigenvalue weighted by atomic mass is 10.2. The minimum absolute atomic E-state index is 0.0642. The molecule has 0 radical (unpaired) electrons. The minimum Gasteiger partial charge on any atom is -0.464 e. The van der Waals surface area contributed by atoms with Crippen LogP contribution in [0.25, 0.3) is 10.2 Å². The number of fused-ring (bicyclic) bond motifs is 1. The van der Waals surface area contributed by atoms with Gasteiger partial charge in [0.15, 0.2) is 8.32 Å². The smallest absolute Gasteiger partial charge is 0.354 e. The number of hydrogen-bond acceptors (Lipinski definition) is 5. The van der Waals surface area contributed by atoms with E-state index in [0.29, 0.717) is 18.8 Å². The first kappa shape index (κ1) is 25.2. The van der Waals surface area contributed by atoms with Gasteiger partial charge in [-0.3, -0.25) is 4.79 Å². The number of thiophene rings is 1. The van der Waals surface area contributed by atoms with Gasteiger partial charge in [0.25, 0.3) is 0 Å². The summed E-state index contributed by atoms with van der Waals surface area (Å²) in [5.74, 6) is -0.531. The maximum absolute atomic E-state index is 13.3. The van der Waals surface area contributed by atoms with Crippen molar-refractivity contribution in [1.82, 2.24) is 4.57 Å². The maximum Gasteiger partial charge on any atom is 0.354 e. The van der Waals surface area contributed by atoms with Crippen LogP contribution in [0.1, 0.15) is 43.7 Å². The number of aromatic nitrogens is 1. The molecule has 2 heterocycles. The summed E-state index contributed by atoms with van der Waals surface area (Å²) in [5.41, 5.74) is 3.17. The molecule has 1 aromatic carbocycles. The van der Waals surface area contributed by atoms with Gasteiger partial charge in [-0.25, -0.2) is 4.79 Å². The van der Waals surface area contributed by atoms with Crippen molar-refractivity contribution >= 4 is 47.4 Å². The van der Waals surface area contributed by atoms with Crippen LogP contribution in [0.15, 0.2) is 41.8 Å². The molecule has 0 fully saturated rings. The number of benzene rings is 1. The molecule has 0 aliphatic rings. The largest absolute Gasteiger partial charge is 0.464 e. The molecule has 178 valence electrons. The molecule has 0 spiro atoms. The third-order valence-electron chi connectivity index (χ3n) is 6.48. The second-order valence-corrected chi connectivity index (χ2v) is 15.4. The van der Waals surface area contributed by atoms with E-state index in [2.05, 4.69) is 33.9 Å². The van der Waals surface area contributed by atoms with Gasteiger partial charge >= 0.3 is 5.97 Å². The van der Waals surface area contributed by atoms with Crippen LogP contribution in [0.4, 0.5) is 5.69 Å². The predicted octanol–water partition coefficient (Wildman–Crippen LogP) is 6.06. The van der Waals surface area contributed by atoms with Gasteiger partial charge in [0, 0.05) is 12.2 Å². The second-order valence-electron chi connectivity index (χ2n) is 9.63. The highest BCUT2D eigenvalue weighted by Gasteiger charge is 2.37. The summed E-state index contributed by atoms with van der Waals surface area (Å²) in [6.45, 7) is 14.3. The van der Waals surface area contributed by atoms with E-state index in [4.69, 9.17) is 9.16 Å². The van der Waals surface area contributed by atoms with E-state index in [1.807, 2.05) is 42.6 Å². The highest BCUT2D eigenvalue weighted by Crippen LogP contribution is 2.37. The van der Waals surface area contributed by atoms with Crippen molar-refractivity contribution in [2.24, 2.45) is 0 Å². The fourth-order valence-corrected chi connectivity index (χ4v) is 5.18. The average Bonchev–Trinajstić information content (AvgIpc) is 3.35. The monoisotopic (exact) mass is 486 g/mol. The Balaban J connectivity index is 1.76. The van der Waals surface area contributed by atoms with Gasteiger partial charge in [0.2, 0.25) is 5.91 Å². The molecule has 0 atom stereocenters. The average molecular weight is 487 g/mol. The van der Waals surface area contributed by atoms with Crippen molar-refractivity contribution in [2.75, 3.05) is 18.6 Å². The van der Waals surface area contributed by atoms with Gasteiger partial charge in [-0.05, 0) is 60.3 Å². The van der Waals surface area contributed by atoms with E-state index in [-0.39, 0.29) is 17.5 Å². The Morgan fingerprint density at radius 1 is 1.12 bits per heavy atom. The summed E-state index contributed by atoms with van der Waals surface area (Å²) in [7, 11) is -0.472. The molecule has 6 nitrogen and oxygen atoms in total. The van der Waals surface area contributed by atoms with Gasteiger partial charge in [-0.1, -0.05) is 32.9 Å². The standard InChI is InChI=1S/C25H34N2O4SSi/c1-8-26(19-11-9-18(10-12-19)17-31-33(6,7)25(2,3)4)23(28)16-27-20-13-14-32-22(20)15-21(27)24(29)30-5/h9-15H,8,16-17H2,1-7H3. The van der Waals surface area contributed by atoms with Crippen molar-refractivity contribution in [3.8, 4) is 0 Å². The molecule has 0 aliphatic heterocycles. The highest BCUT2D eigenvalue weighted by molar-refractivity contribution is 7.17. The third-order valence-corrected chi connectivity index (χ3v) is 11.8. The topological polar surface area (TPSA) is 60.8 Å². The summed E-state index contributed by atoms with van der Waals surface area (Å²) in [6.07, 6.45) is 0. The lowest BCUT2D eigenvalue weighted by Gasteiger charge is -2.36. The van der Waals surface area contributed by atoms with Crippen LogP contribution in [0.2, 0.25) is 18.1 Å². The van der Waals surface area contributed by atoms with E-state index in [1.54, 1.807) is 15.5 Å². The van der Waals surface area contributed by atoms with Gasteiger partial charge in [0.05, 0.1) is 23.9 Å². The molecule has 3 aromatic rings. The number of esters is 1. The summed E-state index contributed by atoms with van der Waals surface area (Å²) in [6, 6.07) is 11.7. The quantitative estimate of drug-likeness (QED) is 0.287. The number of methoxy groups -OCH3 is 1. The third kappa shape index (κ3) is 5.39. The first-order chi connectivity index (χ1) is 15.5. The van der Waals surface area contributed by atoms with Crippen LogP contribution >= 0.6 is 11.3 Å². The maximum atomic E-state index is 13.3. The second kappa shape index (κ2) is 9.83. The number of rotatable bonds is 8. The molecule has 0 N–H and O–H groups in total. The number of anilines is 1. The highest BCUT2D eigenvalue weighted by atomic mass is 32.1. The first-order valence-corrected chi connectivity index (χ1v) is 15.0. The van der Waals surface area contributed by atoms with Gasteiger partial charge < -0.3 is 18.6 Å². The number of ether oxygens (including phenoxy) is 1. The van der Waals surface area contributed by atoms with Gasteiger partial charge in [-0.15, -0.1) is 11.3 Å². The Kier molecular flexibility index (Phi) is 7.51. The minimum atomic E-state index is -1.82. The van der Waals surface area contributed by atoms with Crippen molar-refractivity contribution < 1.29 is 18.8 Å². The predicted molar refractivity (Wildman–Crippen MR) is 138 cm³/mol. The Labute approximate surface area is 201 Å². The zero-order valence-corrected chi connectivity index (χ0v) is 22.4. The number of hydrogen-bond donors (Lipinski definition) is 0. The fourth-order valence-electron chi connectivity index (χ4n) is 3.40. The normalized spacial score (nSPS) is 12.2. The molecule has 33 heavy (non-hydrogen) atoms. The SMILES string of the molecule is CCN(C(=O)Cn1c(C(=O)OC)cc2sccc21)c1ccc(CO[Si](C)(C)C(C)(C)C)cc1. The zero-order chi connectivity index (χ0) is 24.4. The molecule has 8 heteroatoms. The number of likely N-dealkylation sites (N-methyl/N-ethyl adjacent to an activating group) is 1. The molecule has 2 aromatic heterocycles. The summed E-state index contributed by atoms with van der Waals surface area (Å²) < 4.78 is 13.9. The molecule has 1 amide bonds. The number of carbonyl (C=O) groups excluding carboxylic acids is 2. The summed E-state index contributed by atoms with van der Waals surface area (Å²) >= 11 is 1.53. The van der Waals surface area contributed by atoms with Crippen molar-refractivity contribution in [2.45, 2.75) is 59.0 Å². The molecule has 0 saturated carbocycles. The Morgan fingerprint density at radius 2 is 1.79 bits per heavy atom. The lowest BCUT2D eigenvalue weighted by molar-refractivity contribution is -0.119. The van der Waals surface area contributed by atoms with Crippen LogP contribution in [-0.2, 0) is 27.1 Å². The van der Waals surface area contributed by atoms with Crippen LogP contribution in [0.5, 0.6) is 0 Å². The summed E-state index contributed by atoms with van der Waals surface area (Å²) in [4.78, 5) is 27.2. The molecular weight excluding hydrogens is 452 g/mol. The first-order valence-electron chi connectivity index (χ1n) is 11.2. The van der Waals surface area contributed by atoms with E-state index >= 15 is 0 Å². The van der Waals surface area contributed by atoms with Crippen molar-refractivity contribution in [1.29, 1.82) is 0 Å². The van der Waals surface area contributed by atoms with Crippen LogP contribution in [-0.4, -0.2) is 38.4 Å².